The zero-order valence-corrected chi connectivity index (χ0v) is 25.7. The van der Waals surface area contributed by atoms with E-state index in [9.17, 15) is 28.8 Å². The summed E-state index contributed by atoms with van der Waals surface area (Å²) in [6, 6.07) is 3.85. The maximum absolute atomic E-state index is 13.1. The summed E-state index contributed by atoms with van der Waals surface area (Å²) < 4.78 is 0. The van der Waals surface area contributed by atoms with Crippen molar-refractivity contribution < 1.29 is 33.9 Å². The molecular weight excluding hydrogens is 542 g/mol. The molecule has 0 aliphatic carbocycles. The molecular formula is C30H47N5O7. The number of aldehydes is 1. The molecule has 2 aromatic rings. The number of amides is 3. The second kappa shape index (κ2) is 20.8. The highest BCUT2D eigenvalue weighted by molar-refractivity contribution is 5.93. The number of hydrogen-bond donors (Lipinski definition) is 6. The number of carboxylic acid groups (broad SMARTS) is 1. The number of carboxylic acids is 1. The summed E-state index contributed by atoms with van der Waals surface area (Å²) in [6.45, 7) is 12.0. The second-order valence-corrected chi connectivity index (χ2v) is 9.85. The van der Waals surface area contributed by atoms with Gasteiger partial charge in [-0.05, 0) is 50.6 Å². The number of carbonyl (C=O) groups excluding carboxylic acids is 5. The van der Waals surface area contributed by atoms with E-state index in [1.165, 1.54) is 6.92 Å². The average Bonchev–Trinajstić information content (AvgIpc) is 3.33. The summed E-state index contributed by atoms with van der Waals surface area (Å²) in [5.74, 6) is -1.77. The highest BCUT2D eigenvalue weighted by atomic mass is 16.4. The fourth-order valence-corrected chi connectivity index (χ4v) is 4.03. The van der Waals surface area contributed by atoms with E-state index < -0.39 is 24.1 Å². The van der Waals surface area contributed by atoms with E-state index in [0.29, 0.717) is 25.5 Å². The molecule has 3 atom stereocenters. The van der Waals surface area contributed by atoms with Crippen molar-refractivity contribution in [2.24, 2.45) is 5.92 Å². The van der Waals surface area contributed by atoms with Gasteiger partial charge in [-0.3, -0.25) is 24.0 Å². The molecule has 0 spiro atoms. The first kappa shape index (κ1) is 37.9. The number of aryl methyl sites for hydroxylation is 1. The number of H-pyrrole nitrogens is 1. The van der Waals surface area contributed by atoms with Crippen LogP contribution in [0.4, 0.5) is 0 Å². The van der Waals surface area contributed by atoms with Crippen LogP contribution >= 0.6 is 0 Å². The molecule has 0 bridgehead atoms. The van der Waals surface area contributed by atoms with Crippen molar-refractivity contribution in [3.05, 3.63) is 35.5 Å². The van der Waals surface area contributed by atoms with E-state index in [2.05, 4.69) is 27.0 Å². The van der Waals surface area contributed by atoms with Gasteiger partial charge < -0.3 is 36.2 Å². The van der Waals surface area contributed by atoms with E-state index in [1.54, 1.807) is 0 Å². The molecule has 1 aromatic carbocycles. The van der Waals surface area contributed by atoms with E-state index >= 15 is 0 Å². The third-order valence-electron chi connectivity index (χ3n) is 6.04. The third kappa shape index (κ3) is 14.0. The molecule has 1 heterocycles. The van der Waals surface area contributed by atoms with Gasteiger partial charge in [0.1, 0.15) is 12.3 Å². The normalized spacial score (nSPS) is 12.4. The van der Waals surface area contributed by atoms with Crippen molar-refractivity contribution in [1.82, 2.24) is 26.3 Å². The molecule has 0 saturated carbocycles. The zero-order chi connectivity index (χ0) is 32.2. The molecule has 0 radical (unpaired) electrons. The Morgan fingerprint density at radius 1 is 1.07 bits per heavy atom. The number of rotatable bonds is 16. The molecule has 234 valence electrons. The number of carbonyl (C=O) groups is 6. The molecule has 0 aliphatic heterocycles. The van der Waals surface area contributed by atoms with Crippen molar-refractivity contribution in [3.63, 3.8) is 0 Å². The van der Waals surface area contributed by atoms with Gasteiger partial charge >= 0.3 is 5.97 Å². The molecule has 1 aromatic heterocycles. The van der Waals surface area contributed by atoms with Crippen LogP contribution in [0.5, 0.6) is 0 Å². The van der Waals surface area contributed by atoms with Crippen LogP contribution in [0, 0.1) is 12.8 Å². The molecule has 6 N–H and O–H groups in total. The lowest BCUT2D eigenvalue weighted by atomic mass is 9.95. The Bertz CT molecular complexity index is 1160. The van der Waals surface area contributed by atoms with Gasteiger partial charge in [0, 0.05) is 36.9 Å². The summed E-state index contributed by atoms with van der Waals surface area (Å²) in [6.07, 6.45) is 3.63. The number of benzene rings is 1. The minimum atomic E-state index is -1.12. The minimum Gasteiger partial charge on any atom is -0.481 e. The fraction of sp³-hybridized carbons (Fsp3) is 0.533. The first-order valence-electron chi connectivity index (χ1n) is 14.1. The number of aromatic nitrogens is 1. The third-order valence-corrected chi connectivity index (χ3v) is 6.04. The Morgan fingerprint density at radius 3 is 2.26 bits per heavy atom. The van der Waals surface area contributed by atoms with Gasteiger partial charge in [0.25, 0.3) is 0 Å². The van der Waals surface area contributed by atoms with Gasteiger partial charge in [-0.2, -0.15) is 0 Å². The molecule has 12 heteroatoms. The predicted molar refractivity (Wildman–Crippen MR) is 162 cm³/mol. The largest absolute Gasteiger partial charge is 0.481 e. The standard InChI is InChI=1S/C23H34N4O3.C5H7NO4.C2H6/c1-14(2)22(21(29)7-6-10-24-5)27-23(30)20(26-16(4)28)12-17-13-25-19-9-8-15(3)11-18(17)19;7-2-4(6-3-8)1-5(9)10;1-2/h8-9,11,13-14,20,22,24-25H,6-7,10,12H2,1-5H3,(H,26,28)(H,27,30);2-4H,1H2,(H,6,8)(H,9,10);1-2H3. The van der Waals surface area contributed by atoms with E-state index in [0.717, 1.165) is 35.0 Å². The molecule has 0 saturated heterocycles. The maximum Gasteiger partial charge on any atom is 0.305 e. The maximum atomic E-state index is 13.1. The van der Waals surface area contributed by atoms with Crippen molar-refractivity contribution in [2.75, 3.05) is 13.6 Å². The van der Waals surface area contributed by atoms with E-state index in [1.807, 2.05) is 65.3 Å². The van der Waals surface area contributed by atoms with Crippen molar-refractivity contribution in [2.45, 2.75) is 85.4 Å². The number of fused-ring (bicyclic) bond motifs is 1. The van der Waals surface area contributed by atoms with Crippen molar-refractivity contribution in [3.8, 4) is 0 Å². The topological polar surface area (TPSA) is 187 Å². The molecule has 0 fully saturated rings. The Morgan fingerprint density at radius 2 is 1.74 bits per heavy atom. The van der Waals surface area contributed by atoms with Crippen LogP contribution in [-0.4, -0.2) is 78.1 Å². The minimum absolute atomic E-state index is 0.0119. The molecule has 12 nitrogen and oxygen atoms in total. The van der Waals surface area contributed by atoms with Gasteiger partial charge in [0.2, 0.25) is 18.2 Å². The van der Waals surface area contributed by atoms with Crippen LogP contribution in [0.3, 0.4) is 0 Å². The summed E-state index contributed by atoms with van der Waals surface area (Å²) >= 11 is 0. The van der Waals surface area contributed by atoms with Gasteiger partial charge in [-0.15, -0.1) is 0 Å². The number of aliphatic carboxylic acids is 1. The number of ketones is 1. The number of nitrogens with one attached hydrogen (secondary N) is 5. The smallest absolute Gasteiger partial charge is 0.305 e. The van der Waals surface area contributed by atoms with Crippen LogP contribution in [0.2, 0.25) is 0 Å². The highest BCUT2D eigenvalue weighted by Crippen LogP contribution is 2.21. The first-order valence-corrected chi connectivity index (χ1v) is 14.1. The van der Waals surface area contributed by atoms with Gasteiger partial charge in [0.15, 0.2) is 5.78 Å². The Labute approximate surface area is 247 Å². The highest BCUT2D eigenvalue weighted by Gasteiger charge is 2.28. The van der Waals surface area contributed by atoms with Gasteiger partial charge in [0.05, 0.1) is 18.5 Å². The molecule has 2 rings (SSSR count). The van der Waals surface area contributed by atoms with Crippen LogP contribution in [0.15, 0.2) is 24.4 Å². The van der Waals surface area contributed by atoms with Crippen LogP contribution in [-0.2, 0) is 35.2 Å². The average molecular weight is 590 g/mol. The van der Waals surface area contributed by atoms with E-state index in [4.69, 9.17) is 5.11 Å². The Kier molecular flexibility index (Phi) is 18.8. The number of Topliss-reactive ketones (excluding diaryl/α,β-unsaturated/α-hetero) is 1. The van der Waals surface area contributed by atoms with Crippen LogP contribution in [0.25, 0.3) is 10.9 Å². The summed E-state index contributed by atoms with van der Waals surface area (Å²) in [5.41, 5.74) is 3.05. The quantitative estimate of drug-likeness (QED) is 0.127. The molecule has 0 aliphatic rings. The van der Waals surface area contributed by atoms with Crippen LogP contribution < -0.4 is 21.3 Å². The lowest BCUT2D eigenvalue weighted by Crippen LogP contribution is -2.53. The lowest BCUT2D eigenvalue weighted by molar-refractivity contribution is -0.138. The number of hydrogen-bond acceptors (Lipinski definition) is 7. The summed E-state index contributed by atoms with van der Waals surface area (Å²) in [5, 5.41) is 19.8. The first-order chi connectivity index (χ1) is 19.9. The zero-order valence-electron chi connectivity index (χ0n) is 25.7. The van der Waals surface area contributed by atoms with E-state index in [-0.39, 0.29) is 29.9 Å². The van der Waals surface area contributed by atoms with Crippen LogP contribution in [0.1, 0.15) is 65.0 Å². The summed E-state index contributed by atoms with van der Waals surface area (Å²) in [4.78, 5) is 70.2. The SMILES string of the molecule is CC.CNCCCC(=O)C(NC(=O)C(Cc1c[nH]c2ccc(C)cc12)NC(C)=O)C(C)C.O=CNC(C=O)CC(=O)O. The molecule has 3 amide bonds. The van der Waals surface area contributed by atoms with Gasteiger partial charge in [-0.25, -0.2) is 0 Å². The number of aromatic amines is 1. The monoisotopic (exact) mass is 589 g/mol. The second-order valence-electron chi connectivity index (χ2n) is 9.85. The fourth-order valence-electron chi connectivity index (χ4n) is 4.03. The Hall–Kier alpha value is -4.06. The molecule has 42 heavy (non-hydrogen) atoms. The lowest BCUT2D eigenvalue weighted by Gasteiger charge is -2.25. The van der Waals surface area contributed by atoms with Crippen molar-refractivity contribution >= 4 is 47.2 Å². The predicted octanol–water partition coefficient (Wildman–Crippen LogP) is 2.03. The van der Waals surface area contributed by atoms with Gasteiger partial charge in [-0.1, -0.05) is 39.3 Å². The Balaban J connectivity index is 0.00000118. The van der Waals surface area contributed by atoms with Crippen molar-refractivity contribution in [1.29, 1.82) is 0 Å². The summed E-state index contributed by atoms with van der Waals surface area (Å²) in [7, 11) is 1.84. The molecule has 3 unspecified atom stereocenters.